The van der Waals surface area contributed by atoms with Crippen LogP contribution in [0.15, 0.2) is 48.6 Å². The minimum absolute atomic E-state index is 0.863. The second kappa shape index (κ2) is 8.06. The topological polar surface area (TPSA) is 0 Å². The highest BCUT2D eigenvalue weighted by Crippen LogP contribution is 2.08. The first-order valence-corrected chi connectivity index (χ1v) is 5.54. The van der Waals surface area contributed by atoms with E-state index >= 15 is 0 Å². The highest BCUT2D eigenvalue weighted by molar-refractivity contribution is 9.09. The average Bonchev–Trinajstić information content (AvgIpc) is 2.12. The van der Waals surface area contributed by atoms with Crippen LogP contribution in [0.1, 0.15) is 19.8 Å². The molecule has 0 aromatic rings. The molecule has 1 heteroatoms. The number of hydrogen-bond donors (Lipinski definition) is 0. The Hall–Kier alpha value is -0.560. The van der Waals surface area contributed by atoms with Crippen molar-refractivity contribution in [2.75, 3.05) is 5.33 Å². The van der Waals surface area contributed by atoms with Gasteiger partial charge in [-0.25, -0.2) is 0 Å². The summed E-state index contributed by atoms with van der Waals surface area (Å²) in [7, 11) is 0. The van der Waals surface area contributed by atoms with Crippen molar-refractivity contribution in [2.45, 2.75) is 19.8 Å². The largest absolute Gasteiger partial charge is 0.103 e. The molecule has 0 radical (unpaired) electrons. The summed E-state index contributed by atoms with van der Waals surface area (Å²) in [5.41, 5.74) is 2.44. The van der Waals surface area contributed by atoms with Gasteiger partial charge in [0.15, 0.2) is 0 Å². The Kier molecular flexibility index (Phi) is 7.71. The first kappa shape index (κ1) is 12.4. The third kappa shape index (κ3) is 6.59. The van der Waals surface area contributed by atoms with Crippen LogP contribution in [-0.4, -0.2) is 5.33 Å². The van der Waals surface area contributed by atoms with Crippen LogP contribution in [0.2, 0.25) is 0 Å². The molecule has 0 aliphatic heterocycles. The molecule has 0 aromatic heterocycles. The van der Waals surface area contributed by atoms with Gasteiger partial charge in [0.1, 0.15) is 0 Å². The van der Waals surface area contributed by atoms with E-state index in [2.05, 4.69) is 54.2 Å². The zero-order valence-corrected chi connectivity index (χ0v) is 9.81. The zero-order valence-electron chi connectivity index (χ0n) is 8.22. The standard InChI is InChI=1S/C12H17Br/c1-4-6-11(3)7-8-12(5-2)9-10-13/h4-5,7-8H,1,3,6,9-10H2,2H3/b8-7-,12-5+. The van der Waals surface area contributed by atoms with Gasteiger partial charge in [-0.3, -0.25) is 0 Å². The Balaban J connectivity index is 4.07. The molecule has 0 fully saturated rings. The summed E-state index contributed by atoms with van der Waals surface area (Å²) in [6.07, 6.45) is 10.1. The van der Waals surface area contributed by atoms with Crippen molar-refractivity contribution in [3.8, 4) is 0 Å². The van der Waals surface area contributed by atoms with Gasteiger partial charge in [-0.2, -0.15) is 0 Å². The maximum absolute atomic E-state index is 3.91. The zero-order chi connectivity index (χ0) is 10.1. The molecule has 0 saturated carbocycles. The molecule has 0 N–H and O–H groups in total. The summed E-state index contributed by atoms with van der Waals surface area (Å²) in [4.78, 5) is 0. The summed E-state index contributed by atoms with van der Waals surface area (Å²) in [5.74, 6) is 0. The normalized spacial score (nSPS) is 12.0. The van der Waals surface area contributed by atoms with Gasteiger partial charge in [0, 0.05) is 5.33 Å². The molecule has 0 atom stereocenters. The molecule has 0 aliphatic rings. The molecular weight excluding hydrogens is 224 g/mol. The predicted octanol–water partition coefficient (Wildman–Crippen LogP) is 4.41. The lowest BCUT2D eigenvalue weighted by Gasteiger charge is -1.97. The molecular formula is C12H17Br. The predicted molar refractivity (Wildman–Crippen MR) is 65.3 cm³/mol. The lowest BCUT2D eigenvalue weighted by Crippen LogP contribution is -1.80. The second-order valence-corrected chi connectivity index (χ2v) is 3.58. The van der Waals surface area contributed by atoms with Crippen LogP contribution in [0.25, 0.3) is 0 Å². The number of allylic oxidation sites excluding steroid dienone is 6. The molecule has 0 unspecified atom stereocenters. The van der Waals surface area contributed by atoms with Crippen molar-refractivity contribution in [1.82, 2.24) is 0 Å². The Morgan fingerprint density at radius 2 is 2.08 bits per heavy atom. The van der Waals surface area contributed by atoms with Crippen LogP contribution < -0.4 is 0 Å². The summed E-state index contributed by atoms with van der Waals surface area (Å²) in [5, 5.41) is 1.00. The summed E-state index contributed by atoms with van der Waals surface area (Å²) in [6.45, 7) is 9.64. The third-order valence-electron chi connectivity index (χ3n) is 1.69. The van der Waals surface area contributed by atoms with E-state index in [0.717, 1.165) is 23.7 Å². The quantitative estimate of drug-likeness (QED) is 0.367. The van der Waals surface area contributed by atoms with Gasteiger partial charge in [-0.05, 0) is 19.8 Å². The molecule has 0 aliphatic carbocycles. The molecule has 0 aromatic carbocycles. The van der Waals surface area contributed by atoms with Gasteiger partial charge in [-0.1, -0.05) is 58.0 Å². The van der Waals surface area contributed by atoms with E-state index in [-0.39, 0.29) is 0 Å². The molecule has 0 rings (SSSR count). The minimum Gasteiger partial charge on any atom is -0.103 e. The highest BCUT2D eigenvalue weighted by Gasteiger charge is 1.89. The minimum atomic E-state index is 0.863. The molecule has 0 saturated heterocycles. The van der Waals surface area contributed by atoms with Gasteiger partial charge in [-0.15, -0.1) is 6.58 Å². The number of hydrogen-bond acceptors (Lipinski definition) is 0. The third-order valence-corrected chi connectivity index (χ3v) is 2.09. The van der Waals surface area contributed by atoms with Crippen LogP contribution in [0.3, 0.4) is 0 Å². The van der Waals surface area contributed by atoms with E-state index in [1.807, 2.05) is 6.08 Å². The monoisotopic (exact) mass is 240 g/mol. The summed E-state index contributed by atoms with van der Waals surface area (Å²) in [6, 6.07) is 0. The van der Waals surface area contributed by atoms with E-state index in [0.29, 0.717) is 0 Å². The Morgan fingerprint density at radius 3 is 2.54 bits per heavy atom. The lowest BCUT2D eigenvalue weighted by molar-refractivity contribution is 1.17. The first-order valence-electron chi connectivity index (χ1n) is 4.42. The van der Waals surface area contributed by atoms with Gasteiger partial charge in [0.05, 0.1) is 0 Å². The van der Waals surface area contributed by atoms with Gasteiger partial charge in [0.25, 0.3) is 0 Å². The first-order chi connectivity index (χ1) is 6.24. The van der Waals surface area contributed by atoms with Crippen molar-refractivity contribution in [3.05, 3.63) is 48.6 Å². The highest BCUT2D eigenvalue weighted by atomic mass is 79.9. The number of halogens is 1. The van der Waals surface area contributed by atoms with Crippen LogP contribution >= 0.6 is 15.9 Å². The fourth-order valence-electron chi connectivity index (χ4n) is 0.911. The van der Waals surface area contributed by atoms with Gasteiger partial charge < -0.3 is 0 Å². The van der Waals surface area contributed by atoms with Crippen molar-refractivity contribution in [3.63, 3.8) is 0 Å². The van der Waals surface area contributed by atoms with E-state index in [1.54, 1.807) is 0 Å². The molecule has 0 nitrogen and oxygen atoms in total. The van der Waals surface area contributed by atoms with E-state index < -0.39 is 0 Å². The lowest BCUT2D eigenvalue weighted by atomic mass is 10.1. The second-order valence-electron chi connectivity index (χ2n) is 2.79. The van der Waals surface area contributed by atoms with Crippen LogP contribution in [0.4, 0.5) is 0 Å². The molecule has 72 valence electrons. The van der Waals surface area contributed by atoms with Crippen LogP contribution in [0.5, 0.6) is 0 Å². The Morgan fingerprint density at radius 1 is 1.38 bits per heavy atom. The average molecular weight is 241 g/mol. The molecule has 0 bridgehead atoms. The van der Waals surface area contributed by atoms with Gasteiger partial charge in [0.2, 0.25) is 0 Å². The van der Waals surface area contributed by atoms with E-state index in [9.17, 15) is 0 Å². The van der Waals surface area contributed by atoms with Gasteiger partial charge >= 0.3 is 0 Å². The van der Waals surface area contributed by atoms with Crippen LogP contribution in [-0.2, 0) is 0 Å². The maximum Gasteiger partial charge on any atom is 0.00716 e. The van der Waals surface area contributed by atoms with Crippen LogP contribution in [0, 0.1) is 0 Å². The van der Waals surface area contributed by atoms with E-state index in [4.69, 9.17) is 0 Å². The summed E-state index contributed by atoms with van der Waals surface area (Å²) >= 11 is 3.42. The van der Waals surface area contributed by atoms with Crippen molar-refractivity contribution in [1.29, 1.82) is 0 Å². The number of rotatable bonds is 6. The Labute approximate surface area is 89.9 Å². The Bertz CT molecular complexity index is 221. The molecule has 0 heterocycles. The van der Waals surface area contributed by atoms with E-state index in [1.165, 1.54) is 5.57 Å². The van der Waals surface area contributed by atoms with Crippen molar-refractivity contribution < 1.29 is 0 Å². The van der Waals surface area contributed by atoms with Crippen molar-refractivity contribution in [2.24, 2.45) is 0 Å². The maximum atomic E-state index is 3.91. The smallest absolute Gasteiger partial charge is 0.00716 e. The summed E-state index contributed by atoms with van der Waals surface area (Å²) < 4.78 is 0. The molecule has 0 spiro atoms. The SMILES string of the molecule is C=CCC(=C)/C=C\C(=C/C)CCBr. The number of alkyl halides is 1. The fourth-order valence-corrected chi connectivity index (χ4v) is 1.37. The molecule has 13 heavy (non-hydrogen) atoms. The molecule has 0 amide bonds. The van der Waals surface area contributed by atoms with Crippen molar-refractivity contribution >= 4 is 15.9 Å². The fraction of sp³-hybridized carbons (Fsp3) is 0.333.